The summed E-state index contributed by atoms with van der Waals surface area (Å²) in [7, 11) is 1.80. The minimum atomic E-state index is -0.408. The van der Waals surface area contributed by atoms with E-state index in [0.29, 0.717) is 39.6 Å². The number of allylic oxidation sites excluding steroid dienone is 2. The van der Waals surface area contributed by atoms with Gasteiger partial charge in [0, 0.05) is 13.7 Å². The second-order valence-corrected chi connectivity index (χ2v) is 12.7. The molecule has 0 amide bonds. The summed E-state index contributed by atoms with van der Waals surface area (Å²) in [5.74, 6) is 0.451. The largest absolute Gasteiger partial charge is 0.384 e. The molecule has 0 spiro atoms. The SMILES string of the molecule is COCC1CC(C)=C(C)C[C@H]1[C@@H](OCc1ccccc1)[C@H](OCc1ccccc1)[C@@H](COCc1ccccc1)OCc1ccccc1. The molecule has 4 aromatic rings. The Kier molecular flexibility index (Phi) is 13.8. The molecule has 5 nitrogen and oxygen atoms in total. The molecule has 1 aliphatic carbocycles. The molecule has 1 aliphatic rings. The van der Waals surface area contributed by atoms with Crippen LogP contribution in [0.2, 0.25) is 0 Å². The minimum absolute atomic E-state index is 0.167. The molecule has 1 unspecified atom stereocenters. The van der Waals surface area contributed by atoms with Gasteiger partial charge < -0.3 is 23.7 Å². The van der Waals surface area contributed by atoms with Crippen LogP contribution >= 0.6 is 0 Å². The summed E-state index contributed by atoms with van der Waals surface area (Å²) < 4.78 is 33.1. The van der Waals surface area contributed by atoms with Crippen molar-refractivity contribution in [3.8, 4) is 0 Å². The summed E-state index contributed by atoms with van der Waals surface area (Å²) in [5.41, 5.74) is 7.32. The second-order valence-electron chi connectivity index (χ2n) is 12.7. The Morgan fingerprint density at radius 1 is 0.553 bits per heavy atom. The van der Waals surface area contributed by atoms with E-state index >= 15 is 0 Å². The van der Waals surface area contributed by atoms with E-state index in [9.17, 15) is 0 Å². The van der Waals surface area contributed by atoms with Gasteiger partial charge in [0.2, 0.25) is 0 Å². The molecule has 248 valence electrons. The fourth-order valence-corrected chi connectivity index (χ4v) is 6.49. The summed E-state index contributed by atoms with van der Waals surface area (Å²) in [5, 5.41) is 0. The lowest BCUT2D eigenvalue weighted by Crippen LogP contribution is -2.51. The van der Waals surface area contributed by atoms with Crippen molar-refractivity contribution in [2.45, 2.75) is 71.4 Å². The highest BCUT2D eigenvalue weighted by atomic mass is 16.6. The second kappa shape index (κ2) is 18.7. The van der Waals surface area contributed by atoms with Crippen molar-refractivity contribution in [2.75, 3.05) is 20.3 Å². The minimum Gasteiger partial charge on any atom is -0.384 e. The molecule has 0 radical (unpaired) electrons. The number of benzene rings is 4. The molecule has 0 fully saturated rings. The zero-order valence-electron chi connectivity index (χ0n) is 28.1. The smallest absolute Gasteiger partial charge is 0.113 e. The lowest BCUT2D eigenvalue weighted by atomic mass is 9.72. The lowest BCUT2D eigenvalue weighted by molar-refractivity contribution is -0.187. The van der Waals surface area contributed by atoms with Crippen LogP contribution in [0.25, 0.3) is 0 Å². The maximum absolute atomic E-state index is 7.04. The van der Waals surface area contributed by atoms with Crippen LogP contribution in [0.5, 0.6) is 0 Å². The third-order valence-corrected chi connectivity index (χ3v) is 9.21. The van der Waals surface area contributed by atoms with Gasteiger partial charge in [-0.25, -0.2) is 0 Å². The van der Waals surface area contributed by atoms with Crippen LogP contribution in [0, 0.1) is 11.8 Å². The fourth-order valence-electron chi connectivity index (χ4n) is 6.49. The fraction of sp³-hybridized carbons (Fsp3) is 0.381. The molecule has 0 N–H and O–H groups in total. The van der Waals surface area contributed by atoms with Gasteiger partial charge in [0.05, 0.1) is 39.1 Å². The normalized spacial score (nSPS) is 18.5. The van der Waals surface area contributed by atoms with E-state index in [4.69, 9.17) is 23.7 Å². The highest BCUT2D eigenvalue weighted by Gasteiger charge is 2.42. The molecule has 5 rings (SSSR count). The zero-order chi connectivity index (χ0) is 32.7. The van der Waals surface area contributed by atoms with Crippen molar-refractivity contribution in [1.82, 2.24) is 0 Å². The van der Waals surface area contributed by atoms with Crippen LogP contribution in [0.1, 0.15) is 48.9 Å². The third-order valence-electron chi connectivity index (χ3n) is 9.21. The summed E-state index contributed by atoms with van der Waals surface area (Å²) in [6, 6.07) is 41.3. The van der Waals surface area contributed by atoms with Crippen molar-refractivity contribution in [3.63, 3.8) is 0 Å². The predicted octanol–water partition coefficient (Wildman–Crippen LogP) is 8.97. The van der Waals surface area contributed by atoms with Crippen molar-refractivity contribution >= 4 is 0 Å². The van der Waals surface area contributed by atoms with Crippen LogP contribution in [-0.4, -0.2) is 38.6 Å². The number of hydrogen-bond acceptors (Lipinski definition) is 5. The summed E-state index contributed by atoms with van der Waals surface area (Å²) in [6.07, 6.45) is 0.818. The van der Waals surface area contributed by atoms with Gasteiger partial charge in [-0.1, -0.05) is 132 Å². The van der Waals surface area contributed by atoms with Crippen LogP contribution in [0.15, 0.2) is 132 Å². The summed E-state index contributed by atoms with van der Waals surface area (Å²) in [6.45, 7) is 7.38. The van der Waals surface area contributed by atoms with E-state index in [1.165, 1.54) is 11.1 Å². The highest BCUT2D eigenvalue weighted by molar-refractivity contribution is 5.19. The van der Waals surface area contributed by atoms with Gasteiger partial charge in [-0.15, -0.1) is 0 Å². The van der Waals surface area contributed by atoms with Crippen molar-refractivity contribution in [3.05, 3.63) is 155 Å². The van der Waals surface area contributed by atoms with Crippen molar-refractivity contribution in [2.24, 2.45) is 11.8 Å². The van der Waals surface area contributed by atoms with E-state index in [0.717, 1.165) is 35.1 Å². The molecule has 4 aromatic carbocycles. The Morgan fingerprint density at radius 2 is 1.00 bits per heavy atom. The molecule has 0 aliphatic heterocycles. The molecule has 0 bridgehead atoms. The maximum atomic E-state index is 7.04. The first-order valence-electron chi connectivity index (χ1n) is 16.8. The number of ether oxygens (including phenoxy) is 5. The number of rotatable bonds is 18. The van der Waals surface area contributed by atoms with Gasteiger partial charge >= 0.3 is 0 Å². The van der Waals surface area contributed by atoms with Crippen LogP contribution < -0.4 is 0 Å². The first-order chi connectivity index (χ1) is 23.1. The van der Waals surface area contributed by atoms with Gasteiger partial charge in [0.15, 0.2) is 0 Å². The maximum Gasteiger partial charge on any atom is 0.113 e. The number of hydrogen-bond donors (Lipinski definition) is 0. The van der Waals surface area contributed by atoms with E-state index in [2.05, 4.69) is 86.6 Å². The third kappa shape index (κ3) is 10.7. The lowest BCUT2D eigenvalue weighted by Gasteiger charge is -2.43. The molecule has 0 saturated carbocycles. The molecule has 5 heteroatoms. The molecular weight excluding hydrogens is 584 g/mol. The van der Waals surface area contributed by atoms with Crippen molar-refractivity contribution in [1.29, 1.82) is 0 Å². The highest BCUT2D eigenvalue weighted by Crippen LogP contribution is 2.40. The Balaban J connectivity index is 1.50. The average molecular weight is 635 g/mol. The summed E-state index contributed by atoms with van der Waals surface area (Å²) in [4.78, 5) is 0. The van der Waals surface area contributed by atoms with Crippen LogP contribution in [-0.2, 0) is 50.1 Å². The van der Waals surface area contributed by atoms with Gasteiger partial charge in [-0.2, -0.15) is 0 Å². The van der Waals surface area contributed by atoms with Gasteiger partial charge in [0.1, 0.15) is 12.2 Å². The molecule has 47 heavy (non-hydrogen) atoms. The standard InChI is InChI=1S/C42H50O5/c1-32-24-38(30-43-3)39(25-33(32)2)41(46-28-36-20-12-6-13-21-36)42(47-29-37-22-14-7-15-23-37)40(45-27-35-18-10-5-11-19-35)31-44-26-34-16-8-4-9-17-34/h4-23,38-42H,24-31H2,1-3H3/t38?,39-,40-,41-,42-/m1/s1. The first kappa shape index (κ1) is 34.7. The van der Waals surface area contributed by atoms with E-state index < -0.39 is 6.10 Å². The Bertz CT molecular complexity index is 1460. The summed E-state index contributed by atoms with van der Waals surface area (Å²) >= 11 is 0. The molecule has 0 heterocycles. The van der Waals surface area contributed by atoms with Gasteiger partial charge in [-0.05, 0) is 60.8 Å². The molecule has 5 atom stereocenters. The van der Waals surface area contributed by atoms with E-state index in [1.807, 2.05) is 48.5 Å². The molecule has 0 saturated heterocycles. The predicted molar refractivity (Wildman–Crippen MR) is 188 cm³/mol. The Morgan fingerprint density at radius 3 is 1.51 bits per heavy atom. The van der Waals surface area contributed by atoms with Gasteiger partial charge in [0.25, 0.3) is 0 Å². The van der Waals surface area contributed by atoms with Crippen LogP contribution in [0.3, 0.4) is 0 Å². The monoisotopic (exact) mass is 634 g/mol. The number of methoxy groups -OCH3 is 1. The Hall–Kier alpha value is -3.58. The zero-order valence-corrected chi connectivity index (χ0v) is 28.1. The van der Waals surface area contributed by atoms with Gasteiger partial charge in [-0.3, -0.25) is 0 Å². The molecular formula is C42H50O5. The Labute approximate surface area is 281 Å². The molecule has 0 aromatic heterocycles. The topological polar surface area (TPSA) is 46.2 Å². The quantitative estimate of drug-likeness (QED) is 0.102. The average Bonchev–Trinajstić information content (AvgIpc) is 3.11. The van der Waals surface area contributed by atoms with E-state index in [-0.39, 0.29) is 24.0 Å². The van der Waals surface area contributed by atoms with Crippen molar-refractivity contribution < 1.29 is 23.7 Å². The first-order valence-corrected chi connectivity index (χ1v) is 16.8. The van der Waals surface area contributed by atoms with E-state index in [1.54, 1.807) is 7.11 Å². The van der Waals surface area contributed by atoms with Crippen LogP contribution in [0.4, 0.5) is 0 Å².